The molecule has 3 rings (SSSR count). The molecule has 7 heteroatoms. The van der Waals surface area contributed by atoms with Crippen LogP contribution in [0.5, 0.6) is 0 Å². The number of amides is 1. The second-order valence-electron chi connectivity index (χ2n) is 5.72. The molecule has 1 N–H and O–H groups in total. The molecule has 1 unspecified atom stereocenters. The third-order valence-corrected chi connectivity index (χ3v) is 4.92. The smallest absolute Gasteiger partial charge is 0.302 e. The average molecular weight is 324 g/mol. The topological polar surface area (TPSA) is 70.2 Å². The Morgan fingerprint density at radius 2 is 2.09 bits per heavy atom. The molecule has 2 heterocycles. The van der Waals surface area contributed by atoms with Gasteiger partial charge in [0.2, 0.25) is 5.91 Å². The summed E-state index contributed by atoms with van der Waals surface area (Å²) in [6, 6.07) is 7.92. The maximum Gasteiger partial charge on any atom is 0.302 e. The van der Waals surface area contributed by atoms with E-state index in [0.717, 1.165) is 16.5 Å². The number of rotatable bonds is 5. The van der Waals surface area contributed by atoms with Gasteiger partial charge in [-0.1, -0.05) is 18.2 Å². The molecule has 0 bridgehead atoms. The quantitative estimate of drug-likeness (QED) is 0.854. The largest absolute Gasteiger partial charge is 0.361 e. The molecule has 5 nitrogen and oxygen atoms in total. The van der Waals surface area contributed by atoms with Crippen molar-refractivity contribution in [3.05, 3.63) is 36.0 Å². The lowest BCUT2D eigenvalue weighted by atomic mass is 10.1. The van der Waals surface area contributed by atoms with Gasteiger partial charge < -0.3 is 9.88 Å². The molecular weight excluding hydrogens is 307 g/mol. The van der Waals surface area contributed by atoms with E-state index < -0.39 is 21.9 Å². The van der Waals surface area contributed by atoms with Gasteiger partial charge in [0.15, 0.2) is 0 Å². The number of H-pyrrole nitrogens is 1. The van der Waals surface area contributed by atoms with Crippen molar-refractivity contribution in [1.82, 2.24) is 9.88 Å². The van der Waals surface area contributed by atoms with Gasteiger partial charge in [0, 0.05) is 42.5 Å². The Bertz CT molecular complexity index is 800. The molecule has 2 aromatic rings. The van der Waals surface area contributed by atoms with Crippen LogP contribution in [0, 0.1) is 5.92 Å². The number of carbonyl (C=O) groups is 1. The highest BCUT2D eigenvalue weighted by molar-refractivity contribution is 7.86. The summed E-state index contributed by atoms with van der Waals surface area (Å²) < 4.78 is 34.1. The van der Waals surface area contributed by atoms with Crippen molar-refractivity contribution in [2.45, 2.75) is 12.8 Å². The standard InChI is InChI=1S/C15H17FN2O3S/c16-22(20,21)10-11-7-15(19)18(9-11)6-5-12-8-17-14-4-2-1-3-13(12)14/h1-4,8,11,17H,5-7,9-10H2. The first-order valence-electron chi connectivity index (χ1n) is 7.17. The van der Waals surface area contributed by atoms with Crippen LogP contribution in [-0.2, 0) is 21.4 Å². The summed E-state index contributed by atoms with van der Waals surface area (Å²) in [4.78, 5) is 16.7. The Balaban J connectivity index is 1.63. The summed E-state index contributed by atoms with van der Waals surface area (Å²) >= 11 is 0. The van der Waals surface area contributed by atoms with E-state index >= 15 is 0 Å². The zero-order chi connectivity index (χ0) is 15.7. The van der Waals surface area contributed by atoms with Gasteiger partial charge >= 0.3 is 10.2 Å². The number of aromatic amines is 1. The van der Waals surface area contributed by atoms with E-state index in [-0.39, 0.29) is 12.3 Å². The van der Waals surface area contributed by atoms with Gasteiger partial charge in [-0.3, -0.25) is 4.79 Å². The van der Waals surface area contributed by atoms with Crippen molar-refractivity contribution < 1.29 is 17.1 Å². The summed E-state index contributed by atoms with van der Waals surface area (Å²) in [6.07, 6.45) is 2.72. The number of nitrogens with one attached hydrogen (secondary N) is 1. The third-order valence-electron chi connectivity index (χ3n) is 4.06. The van der Waals surface area contributed by atoms with E-state index in [1.807, 2.05) is 30.5 Å². The van der Waals surface area contributed by atoms with Gasteiger partial charge in [0.1, 0.15) is 0 Å². The maximum absolute atomic E-state index is 12.7. The van der Waals surface area contributed by atoms with Crippen molar-refractivity contribution in [1.29, 1.82) is 0 Å². The first-order chi connectivity index (χ1) is 10.4. The van der Waals surface area contributed by atoms with Gasteiger partial charge in [0.25, 0.3) is 0 Å². The summed E-state index contributed by atoms with van der Waals surface area (Å²) in [5.74, 6) is -1.11. The molecule has 1 aromatic heterocycles. The Kier molecular flexibility index (Phi) is 3.90. The number of halogens is 1. The normalized spacial score (nSPS) is 19.2. The molecule has 1 fully saturated rings. The first-order valence-corrected chi connectivity index (χ1v) is 8.73. The minimum Gasteiger partial charge on any atom is -0.361 e. The van der Waals surface area contributed by atoms with Crippen molar-refractivity contribution >= 4 is 27.0 Å². The molecule has 0 aliphatic carbocycles. The lowest BCUT2D eigenvalue weighted by Gasteiger charge is -2.16. The number of fused-ring (bicyclic) bond motifs is 1. The molecule has 22 heavy (non-hydrogen) atoms. The second kappa shape index (κ2) is 5.72. The van der Waals surface area contributed by atoms with Crippen LogP contribution in [0.1, 0.15) is 12.0 Å². The van der Waals surface area contributed by atoms with Crippen molar-refractivity contribution in [3.63, 3.8) is 0 Å². The van der Waals surface area contributed by atoms with Crippen LogP contribution in [0.25, 0.3) is 10.9 Å². The highest BCUT2D eigenvalue weighted by Crippen LogP contribution is 2.22. The SMILES string of the molecule is O=C1CC(CS(=O)(=O)F)CN1CCc1c[nH]c2ccccc12. The maximum atomic E-state index is 12.7. The second-order valence-corrected chi connectivity index (χ2v) is 7.14. The van der Waals surface area contributed by atoms with Crippen LogP contribution in [-0.4, -0.2) is 43.1 Å². The minimum atomic E-state index is -4.53. The molecule has 1 aliphatic heterocycles. The predicted molar refractivity (Wildman–Crippen MR) is 81.6 cm³/mol. The fraction of sp³-hybridized carbons (Fsp3) is 0.400. The van der Waals surface area contributed by atoms with E-state index in [2.05, 4.69) is 4.98 Å². The van der Waals surface area contributed by atoms with Crippen LogP contribution in [0.15, 0.2) is 30.5 Å². The number of carbonyl (C=O) groups excluding carboxylic acids is 1. The Morgan fingerprint density at radius 1 is 1.32 bits per heavy atom. The van der Waals surface area contributed by atoms with Crippen LogP contribution in [0.3, 0.4) is 0 Å². The fourth-order valence-electron chi connectivity index (χ4n) is 3.06. The molecule has 1 aromatic carbocycles. The molecule has 0 saturated carbocycles. The molecule has 118 valence electrons. The zero-order valence-electron chi connectivity index (χ0n) is 12.0. The molecule has 0 spiro atoms. The van der Waals surface area contributed by atoms with E-state index in [0.29, 0.717) is 19.5 Å². The fourth-order valence-corrected chi connectivity index (χ4v) is 3.84. The van der Waals surface area contributed by atoms with Gasteiger partial charge in [0.05, 0.1) is 5.75 Å². The Labute approximate surface area is 128 Å². The van der Waals surface area contributed by atoms with E-state index in [9.17, 15) is 17.1 Å². The van der Waals surface area contributed by atoms with E-state index in [1.165, 1.54) is 0 Å². The molecule has 0 radical (unpaired) electrons. The number of hydrogen-bond donors (Lipinski definition) is 1. The number of likely N-dealkylation sites (tertiary alicyclic amines) is 1. The molecule has 1 saturated heterocycles. The number of aromatic nitrogens is 1. The highest BCUT2D eigenvalue weighted by atomic mass is 32.3. The summed E-state index contributed by atoms with van der Waals surface area (Å²) in [7, 11) is -4.53. The predicted octanol–water partition coefficient (Wildman–Crippen LogP) is 1.86. The van der Waals surface area contributed by atoms with Crippen LogP contribution in [0.4, 0.5) is 3.89 Å². The molecule has 1 atom stereocenters. The van der Waals surface area contributed by atoms with Crippen LogP contribution < -0.4 is 0 Å². The summed E-state index contributed by atoms with van der Waals surface area (Å²) in [6.45, 7) is 0.827. The zero-order valence-corrected chi connectivity index (χ0v) is 12.8. The average Bonchev–Trinajstić information content (AvgIpc) is 2.98. The lowest BCUT2D eigenvalue weighted by Crippen LogP contribution is -2.28. The van der Waals surface area contributed by atoms with Crippen molar-refractivity contribution in [2.24, 2.45) is 5.92 Å². The van der Waals surface area contributed by atoms with Gasteiger partial charge in [-0.25, -0.2) is 0 Å². The third kappa shape index (κ3) is 3.30. The van der Waals surface area contributed by atoms with E-state index in [4.69, 9.17) is 0 Å². The van der Waals surface area contributed by atoms with Crippen molar-refractivity contribution in [3.8, 4) is 0 Å². The number of nitrogens with zero attached hydrogens (tertiary/aromatic N) is 1. The Hall–Kier alpha value is -1.89. The summed E-state index contributed by atoms with van der Waals surface area (Å²) in [5.41, 5.74) is 2.16. The van der Waals surface area contributed by atoms with Crippen LogP contribution >= 0.6 is 0 Å². The van der Waals surface area contributed by atoms with Gasteiger partial charge in [-0.15, -0.1) is 3.89 Å². The summed E-state index contributed by atoms with van der Waals surface area (Å²) in [5, 5.41) is 1.12. The minimum absolute atomic E-state index is 0.103. The van der Waals surface area contributed by atoms with Gasteiger partial charge in [-0.05, 0) is 18.1 Å². The van der Waals surface area contributed by atoms with Gasteiger partial charge in [-0.2, -0.15) is 8.42 Å². The molecular formula is C15H17FN2O3S. The lowest BCUT2D eigenvalue weighted by molar-refractivity contribution is -0.127. The van der Waals surface area contributed by atoms with Crippen molar-refractivity contribution in [2.75, 3.05) is 18.8 Å². The van der Waals surface area contributed by atoms with E-state index in [1.54, 1.807) is 4.90 Å². The highest BCUT2D eigenvalue weighted by Gasteiger charge is 2.32. The number of para-hydroxylation sites is 1. The molecule has 1 aliphatic rings. The van der Waals surface area contributed by atoms with Crippen LogP contribution in [0.2, 0.25) is 0 Å². The first kappa shape index (κ1) is 15.0. The Morgan fingerprint density at radius 3 is 2.86 bits per heavy atom. The number of hydrogen-bond acceptors (Lipinski definition) is 3. The number of benzene rings is 1. The monoisotopic (exact) mass is 324 g/mol. The molecule has 1 amide bonds.